The molecule has 0 saturated carbocycles. The zero-order chi connectivity index (χ0) is 20.4. The number of hydrogen-bond donors (Lipinski definition) is 2. The van der Waals surface area contributed by atoms with Crippen molar-refractivity contribution in [3.63, 3.8) is 0 Å². The molecule has 2 heterocycles. The van der Waals surface area contributed by atoms with E-state index in [1.165, 1.54) is 0 Å². The number of thioether (sulfide) groups is 1. The number of nitrogens with zero attached hydrogens (tertiary/aromatic N) is 2. The lowest BCUT2D eigenvalue weighted by molar-refractivity contribution is -0.125. The van der Waals surface area contributed by atoms with E-state index in [0.29, 0.717) is 29.1 Å². The number of aromatic amines is 1. The summed E-state index contributed by atoms with van der Waals surface area (Å²) in [6.45, 7) is 0.187. The molecule has 0 spiro atoms. The van der Waals surface area contributed by atoms with Gasteiger partial charge in [0.05, 0.1) is 28.7 Å². The zero-order valence-electron chi connectivity index (χ0n) is 15.8. The first-order chi connectivity index (χ1) is 14.1. The van der Waals surface area contributed by atoms with Crippen LogP contribution in [0.3, 0.4) is 0 Å². The van der Waals surface area contributed by atoms with E-state index in [-0.39, 0.29) is 12.5 Å². The van der Waals surface area contributed by atoms with Gasteiger partial charge in [-0.1, -0.05) is 24.3 Å². The molecular formula is C21H20N4O3S. The van der Waals surface area contributed by atoms with Gasteiger partial charge in [0, 0.05) is 0 Å². The number of para-hydroxylation sites is 2. The quantitative estimate of drug-likeness (QED) is 0.586. The minimum Gasteiger partial charge on any atom is -0.347 e. The lowest BCUT2D eigenvalue weighted by Gasteiger charge is -2.25. The predicted octanol–water partition coefficient (Wildman–Crippen LogP) is 2.60. The second kappa shape index (κ2) is 8.08. The van der Waals surface area contributed by atoms with Crippen molar-refractivity contribution >= 4 is 40.5 Å². The molecule has 3 amide bonds. The molecule has 1 unspecified atom stereocenters. The number of hydrogen-bond acceptors (Lipinski definition) is 5. The number of imidazole rings is 1. The number of carbonyl (C=O) groups excluding carboxylic acids is 3. The first-order valence-electron chi connectivity index (χ1n) is 9.27. The van der Waals surface area contributed by atoms with E-state index in [0.717, 1.165) is 15.9 Å². The number of H-pyrrole nitrogens is 1. The molecule has 1 aliphatic heterocycles. The topological polar surface area (TPSA) is 95.2 Å². The summed E-state index contributed by atoms with van der Waals surface area (Å²) in [5, 5.41) is 2.83. The summed E-state index contributed by atoms with van der Waals surface area (Å²) in [6, 6.07) is 13.4. The van der Waals surface area contributed by atoms with Gasteiger partial charge in [0.25, 0.3) is 11.8 Å². The van der Waals surface area contributed by atoms with E-state index in [1.807, 2.05) is 30.5 Å². The maximum Gasteiger partial charge on any atom is 0.262 e. The van der Waals surface area contributed by atoms with Gasteiger partial charge in [0.1, 0.15) is 11.9 Å². The Bertz CT molecular complexity index is 1030. The highest BCUT2D eigenvalue weighted by Gasteiger charge is 2.42. The van der Waals surface area contributed by atoms with Gasteiger partial charge in [-0.3, -0.25) is 19.3 Å². The average molecular weight is 408 g/mol. The van der Waals surface area contributed by atoms with Crippen LogP contribution in [0.25, 0.3) is 11.0 Å². The minimum absolute atomic E-state index is 0.187. The van der Waals surface area contributed by atoms with Crippen LogP contribution in [0, 0.1) is 0 Å². The first kappa shape index (κ1) is 19.2. The maximum absolute atomic E-state index is 13.0. The number of aromatic nitrogens is 2. The Kier molecular flexibility index (Phi) is 5.35. The summed E-state index contributed by atoms with van der Waals surface area (Å²) >= 11 is 1.56. The highest BCUT2D eigenvalue weighted by Crippen LogP contribution is 2.26. The smallest absolute Gasteiger partial charge is 0.262 e. The molecule has 7 nitrogen and oxygen atoms in total. The molecule has 2 aromatic carbocycles. The second-order valence-electron chi connectivity index (χ2n) is 6.74. The van der Waals surface area contributed by atoms with Gasteiger partial charge < -0.3 is 10.3 Å². The number of fused-ring (bicyclic) bond motifs is 2. The van der Waals surface area contributed by atoms with Gasteiger partial charge in [-0.05, 0) is 42.7 Å². The third-order valence-electron chi connectivity index (χ3n) is 4.90. The Morgan fingerprint density at radius 3 is 2.41 bits per heavy atom. The number of benzene rings is 2. The minimum atomic E-state index is -0.862. The van der Waals surface area contributed by atoms with Crippen molar-refractivity contribution in [3.05, 3.63) is 65.5 Å². The molecule has 1 atom stereocenters. The third-order valence-corrected chi connectivity index (χ3v) is 5.55. The number of amides is 3. The standard InChI is InChI=1S/C21H20N4O3S/c1-29-11-10-17(25-20(27)13-6-2-3-7-14(13)21(25)28)19(26)22-12-18-23-15-8-4-5-9-16(15)24-18/h2-9,17H,10-12H2,1H3,(H,22,26)(H,23,24). The van der Waals surface area contributed by atoms with Gasteiger partial charge >= 0.3 is 0 Å². The Hall–Kier alpha value is -3.13. The third kappa shape index (κ3) is 3.63. The van der Waals surface area contributed by atoms with Crippen LogP contribution < -0.4 is 5.32 Å². The molecule has 0 saturated heterocycles. The molecule has 8 heteroatoms. The van der Waals surface area contributed by atoms with Crippen molar-refractivity contribution in [2.24, 2.45) is 0 Å². The largest absolute Gasteiger partial charge is 0.347 e. The van der Waals surface area contributed by atoms with Crippen LogP contribution in [-0.2, 0) is 11.3 Å². The lowest BCUT2D eigenvalue weighted by Crippen LogP contribution is -2.49. The number of rotatable bonds is 7. The van der Waals surface area contributed by atoms with Crippen molar-refractivity contribution < 1.29 is 14.4 Å². The molecule has 0 radical (unpaired) electrons. The zero-order valence-corrected chi connectivity index (χ0v) is 16.7. The van der Waals surface area contributed by atoms with Gasteiger partial charge in [0.2, 0.25) is 5.91 Å². The second-order valence-corrected chi connectivity index (χ2v) is 7.73. The Balaban J connectivity index is 1.52. The van der Waals surface area contributed by atoms with E-state index >= 15 is 0 Å². The Labute approximate surface area is 171 Å². The van der Waals surface area contributed by atoms with Gasteiger partial charge in [-0.25, -0.2) is 4.98 Å². The summed E-state index contributed by atoms with van der Waals surface area (Å²) in [7, 11) is 0. The van der Waals surface area contributed by atoms with Crippen molar-refractivity contribution in [3.8, 4) is 0 Å². The summed E-state index contributed by atoms with van der Waals surface area (Å²) in [6.07, 6.45) is 2.31. The highest BCUT2D eigenvalue weighted by molar-refractivity contribution is 7.98. The van der Waals surface area contributed by atoms with E-state index in [1.54, 1.807) is 36.0 Å². The van der Waals surface area contributed by atoms with E-state index in [2.05, 4.69) is 15.3 Å². The van der Waals surface area contributed by atoms with Crippen LogP contribution in [0.2, 0.25) is 0 Å². The van der Waals surface area contributed by atoms with Crippen LogP contribution in [-0.4, -0.2) is 50.6 Å². The molecule has 1 aromatic heterocycles. The van der Waals surface area contributed by atoms with Crippen LogP contribution in [0.5, 0.6) is 0 Å². The molecule has 0 aliphatic carbocycles. The molecule has 0 fully saturated rings. The fourth-order valence-electron chi connectivity index (χ4n) is 3.48. The van der Waals surface area contributed by atoms with E-state index < -0.39 is 17.9 Å². The number of imide groups is 1. The molecule has 148 valence electrons. The Morgan fingerprint density at radius 2 is 1.76 bits per heavy atom. The Morgan fingerprint density at radius 1 is 1.10 bits per heavy atom. The number of carbonyl (C=O) groups is 3. The van der Waals surface area contributed by atoms with Gasteiger partial charge in [-0.2, -0.15) is 11.8 Å². The number of nitrogens with one attached hydrogen (secondary N) is 2. The fraction of sp³-hybridized carbons (Fsp3) is 0.238. The van der Waals surface area contributed by atoms with Crippen LogP contribution in [0.15, 0.2) is 48.5 Å². The van der Waals surface area contributed by atoms with E-state index in [4.69, 9.17) is 0 Å². The van der Waals surface area contributed by atoms with Crippen LogP contribution >= 0.6 is 11.8 Å². The molecular weight excluding hydrogens is 388 g/mol. The summed E-state index contributed by atoms with van der Waals surface area (Å²) < 4.78 is 0. The summed E-state index contributed by atoms with van der Waals surface area (Å²) in [5.74, 6) is 0.0570. The molecule has 3 aromatic rings. The van der Waals surface area contributed by atoms with Crippen molar-refractivity contribution in [1.29, 1.82) is 0 Å². The highest BCUT2D eigenvalue weighted by atomic mass is 32.2. The van der Waals surface area contributed by atoms with Crippen molar-refractivity contribution in [2.45, 2.75) is 19.0 Å². The molecule has 1 aliphatic rings. The van der Waals surface area contributed by atoms with Crippen LogP contribution in [0.4, 0.5) is 0 Å². The van der Waals surface area contributed by atoms with Gasteiger partial charge in [-0.15, -0.1) is 0 Å². The monoisotopic (exact) mass is 408 g/mol. The fourth-order valence-corrected chi connectivity index (χ4v) is 3.93. The SMILES string of the molecule is CSCCC(C(=O)NCc1nc2ccccc2[nH]1)N1C(=O)c2ccccc2C1=O. The average Bonchev–Trinajstić information content (AvgIpc) is 3.27. The van der Waals surface area contributed by atoms with Gasteiger partial charge in [0.15, 0.2) is 0 Å². The van der Waals surface area contributed by atoms with Crippen molar-refractivity contribution in [2.75, 3.05) is 12.0 Å². The predicted molar refractivity (Wildman–Crippen MR) is 112 cm³/mol. The van der Waals surface area contributed by atoms with Crippen LogP contribution in [0.1, 0.15) is 33.0 Å². The summed E-state index contributed by atoms with van der Waals surface area (Å²) in [5.41, 5.74) is 2.39. The molecule has 29 heavy (non-hydrogen) atoms. The normalized spacial score (nSPS) is 14.3. The molecule has 0 bridgehead atoms. The van der Waals surface area contributed by atoms with E-state index in [9.17, 15) is 14.4 Å². The lowest BCUT2D eigenvalue weighted by atomic mass is 10.1. The molecule has 2 N–H and O–H groups in total. The van der Waals surface area contributed by atoms with Crippen molar-refractivity contribution in [1.82, 2.24) is 20.2 Å². The molecule has 4 rings (SSSR count). The maximum atomic E-state index is 13.0. The first-order valence-corrected chi connectivity index (χ1v) is 10.7. The summed E-state index contributed by atoms with van der Waals surface area (Å²) in [4.78, 5) is 47.3.